The van der Waals surface area contributed by atoms with Crippen LogP contribution in [0.2, 0.25) is 0 Å². The van der Waals surface area contributed by atoms with E-state index in [4.69, 9.17) is 9.15 Å². The third kappa shape index (κ3) is 4.77. The molecule has 0 fully saturated rings. The number of amides is 1. The van der Waals surface area contributed by atoms with Crippen molar-refractivity contribution in [2.75, 3.05) is 6.61 Å². The first-order valence-electron chi connectivity index (χ1n) is 7.15. The molecule has 2 rings (SSSR count). The predicted molar refractivity (Wildman–Crippen MR) is 85.2 cm³/mol. The highest BCUT2D eigenvalue weighted by molar-refractivity contribution is 5.81. The van der Waals surface area contributed by atoms with Crippen LogP contribution in [0.1, 0.15) is 36.8 Å². The number of rotatable bonds is 6. The summed E-state index contributed by atoms with van der Waals surface area (Å²) in [5, 5.41) is 3.81. The van der Waals surface area contributed by atoms with Crippen molar-refractivity contribution in [3.8, 4) is 5.75 Å². The number of furan rings is 1. The largest absolute Gasteiger partial charge is 0.484 e. The summed E-state index contributed by atoms with van der Waals surface area (Å²) < 4.78 is 10.7. The Bertz CT molecular complexity index is 642. The molecule has 1 aromatic carbocycles. The molecule has 0 aliphatic carbocycles. The Balaban J connectivity index is 1.76. The Morgan fingerprint density at radius 3 is 2.59 bits per heavy atom. The minimum Gasteiger partial charge on any atom is -0.484 e. The highest BCUT2D eigenvalue weighted by Gasteiger charge is 2.03. The van der Waals surface area contributed by atoms with E-state index in [0.717, 1.165) is 5.76 Å². The van der Waals surface area contributed by atoms with E-state index in [2.05, 4.69) is 24.4 Å². The summed E-state index contributed by atoms with van der Waals surface area (Å²) >= 11 is 0. The van der Waals surface area contributed by atoms with Crippen LogP contribution in [0.5, 0.6) is 5.75 Å². The Morgan fingerprint density at radius 1 is 1.27 bits per heavy atom. The second-order valence-corrected chi connectivity index (χ2v) is 5.25. The van der Waals surface area contributed by atoms with E-state index in [9.17, 15) is 4.79 Å². The third-order valence-corrected chi connectivity index (χ3v) is 3.06. The lowest BCUT2D eigenvalue weighted by molar-refractivity contribution is -0.123. The lowest BCUT2D eigenvalue weighted by Gasteiger charge is -2.08. The number of ether oxygens (including phenoxy) is 1. The van der Waals surface area contributed by atoms with Crippen molar-refractivity contribution in [3.05, 3.63) is 53.5 Å². The van der Waals surface area contributed by atoms with Gasteiger partial charge in [-0.1, -0.05) is 26.0 Å². The monoisotopic (exact) mass is 300 g/mol. The van der Waals surface area contributed by atoms with Crippen LogP contribution in [0.15, 0.2) is 45.9 Å². The van der Waals surface area contributed by atoms with Gasteiger partial charge in [0, 0.05) is 0 Å². The van der Waals surface area contributed by atoms with Crippen LogP contribution in [0.25, 0.3) is 0 Å². The van der Waals surface area contributed by atoms with Gasteiger partial charge in [0.2, 0.25) is 0 Å². The van der Waals surface area contributed by atoms with Crippen LogP contribution in [0, 0.1) is 6.92 Å². The normalized spacial score (nSPS) is 11.1. The molecular weight excluding hydrogens is 280 g/mol. The van der Waals surface area contributed by atoms with E-state index in [1.807, 2.05) is 37.3 Å². The maximum atomic E-state index is 11.6. The molecule has 22 heavy (non-hydrogen) atoms. The minimum atomic E-state index is -0.326. The summed E-state index contributed by atoms with van der Waals surface area (Å²) in [5.41, 5.74) is 3.62. The van der Waals surface area contributed by atoms with Crippen LogP contribution in [0.3, 0.4) is 0 Å². The SMILES string of the molecule is Cc1ccc(/C=N/NC(=O)COc2ccc(C(C)C)cc2)o1. The number of carbonyl (C=O) groups excluding carboxylic acids is 1. The summed E-state index contributed by atoms with van der Waals surface area (Å²) in [5.74, 6) is 2.18. The number of aryl methyl sites for hydroxylation is 1. The molecular formula is C17H20N2O3. The second-order valence-electron chi connectivity index (χ2n) is 5.25. The predicted octanol–water partition coefficient (Wildman–Crippen LogP) is 3.24. The maximum absolute atomic E-state index is 11.6. The van der Waals surface area contributed by atoms with Gasteiger partial charge >= 0.3 is 0 Å². The molecule has 0 radical (unpaired) electrons. The van der Waals surface area contributed by atoms with Gasteiger partial charge in [-0.25, -0.2) is 5.43 Å². The van der Waals surface area contributed by atoms with Crippen LogP contribution in [-0.4, -0.2) is 18.7 Å². The van der Waals surface area contributed by atoms with Crippen LogP contribution >= 0.6 is 0 Å². The first-order valence-corrected chi connectivity index (χ1v) is 7.15. The van der Waals surface area contributed by atoms with Crippen molar-refractivity contribution in [2.45, 2.75) is 26.7 Å². The second kappa shape index (κ2) is 7.45. The fraction of sp³-hybridized carbons (Fsp3) is 0.294. The number of hydrazone groups is 1. The van der Waals surface area contributed by atoms with Crippen LogP contribution in [-0.2, 0) is 4.79 Å². The molecule has 0 aliphatic rings. The maximum Gasteiger partial charge on any atom is 0.277 e. The van der Waals surface area contributed by atoms with Crippen molar-refractivity contribution in [1.29, 1.82) is 0 Å². The molecule has 0 atom stereocenters. The highest BCUT2D eigenvalue weighted by atomic mass is 16.5. The van der Waals surface area contributed by atoms with Crippen molar-refractivity contribution in [2.24, 2.45) is 5.10 Å². The summed E-state index contributed by atoms with van der Waals surface area (Å²) in [6.45, 7) is 6.01. The molecule has 0 spiro atoms. The minimum absolute atomic E-state index is 0.0878. The van der Waals surface area contributed by atoms with E-state index >= 15 is 0 Å². The van der Waals surface area contributed by atoms with E-state index in [-0.39, 0.29) is 12.5 Å². The molecule has 5 nitrogen and oxygen atoms in total. The first kappa shape index (κ1) is 15.8. The summed E-state index contributed by atoms with van der Waals surface area (Å²) in [4.78, 5) is 11.6. The Labute approximate surface area is 130 Å². The summed E-state index contributed by atoms with van der Waals surface area (Å²) in [6.07, 6.45) is 1.45. The fourth-order valence-electron chi connectivity index (χ4n) is 1.82. The highest BCUT2D eigenvalue weighted by Crippen LogP contribution is 2.18. The number of hydrogen-bond donors (Lipinski definition) is 1. The van der Waals surface area contributed by atoms with Gasteiger partial charge in [-0.15, -0.1) is 0 Å². The molecule has 116 valence electrons. The smallest absolute Gasteiger partial charge is 0.277 e. The number of hydrogen-bond acceptors (Lipinski definition) is 4. The van der Waals surface area contributed by atoms with Crippen molar-refractivity contribution in [1.82, 2.24) is 5.43 Å². The van der Waals surface area contributed by atoms with Gasteiger partial charge in [-0.2, -0.15) is 5.10 Å². The molecule has 1 N–H and O–H groups in total. The molecule has 0 aliphatic heterocycles. The lowest BCUT2D eigenvalue weighted by atomic mass is 10.0. The zero-order valence-corrected chi connectivity index (χ0v) is 13.0. The van der Waals surface area contributed by atoms with Crippen molar-refractivity contribution >= 4 is 12.1 Å². The fourth-order valence-corrected chi connectivity index (χ4v) is 1.82. The molecule has 1 aromatic heterocycles. The average molecular weight is 300 g/mol. The summed E-state index contributed by atoms with van der Waals surface area (Å²) in [7, 11) is 0. The first-order chi connectivity index (χ1) is 10.5. The van der Waals surface area contributed by atoms with Gasteiger partial charge in [0.1, 0.15) is 17.3 Å². The van der Waals surface area contributed by atoms with Crippen LogP contribution in [0.4, 0.5) is 0 Å². The Morgan fingerprint density at radius 2 is 2.00 bits per heavy atom. The van der Waals surface area contributed by atoms with E-state index in [1.54, 1.807) is 6.07 Å². The number of nitrogens with zero attached hydrogens (tertiary/aromatic N) is 1. The molecule has 1 amide bonds. The number of carbonyl (C=O) groups is 1. The quantitative estimate of drug-likeness (QED) is 0.658. The molecule has 5 heteroatoms. The summed E-state index contributed by atoms with van der Waals surface area (Å²) in [6, 6.07) is 11.3. The number of nitrogens with one attached hydrogen (secondary N) is 1. The zero-order chi connectivity index (χ0) is 15.9. The van der Waals surface area contributed by atoms with E-state index < -0.39 is 0 Å². The van der Waals surface area contributed by atoms with Gasteiger partial charge in [-0.05, 0) is 42.7 Å². The topological polar surface area (TPSA) is 63.8 Å². The standard InChI is InChI=1S/C17H20N2O3/c1-12(2)14-5-8-15(9-6-14)21-11-17(20)19-18-10-16-7-4-13(3)22-16/h4-10,12H,11H2,1-3H3,(H,19,20)/b18-10+. The Hall–Kier alpha value is -2.56. The lowest BCUT2D eigenvalue weighted by Crippen LogP contribution is -2.24. The average Bonchev–Trinajstić information content (AvgIpc) is 2.91. The van der Waals surface area contributed by atoms with Gasteiger partial charge < -0.3 is 9.15 Å². The van der Waals surface area contributed by atoms with Crippen molar-refractivity contribution in [3.63, 3.8) is 0 Å². The molecule has 1 heterocycles. The van der Waals surface area contributed by atoms with Gasteiger partial charge in [0.05, 0.1) is 6.21 Å². The van der Waals surface area contributed by atoms with E-state index in [0.29, 0.717) is 17.4 Å². The number of benzene rings is 1. The third-order valence-electron chi connectivity index (χ3n) is 3.06. The zero-order valence-electron chi connectivity index (χ0n) is 13.0. The molecule has 0 bridgehead atoms. The molecule has 2 aromatic rings. The van der Waals surface area contributed by atoms with Gasteiger partial charge in [0.25, 0.3) is 5.91 Å². The van der Waals surface area contributed by atoms with Crippen molar-refractivity contribution < 1.29 is 13.9 Å². The molecule has 0 unspecified atom stereocenters. The Kier molecular flexibility index (Phi) is 5.36. The van der Waals surface area contributed by atoms with Crippen LogP contribution < -0.4 is 10.2 Å². The molecule has 0 saturated heterocycles. The van der Waals surface area contributed by atoms with Gasteiger partial charge in [0.15, 0.2) is 6.61 Å². The van der Waals surface area contributed by atoms with E-state index in [1.165, 1.54) is 11.8 Å². The molecule has 0 saturated carbocycles. The van der Waals surface area contributed by atoms with Gasteiger partial charge in [-0.3, -0.25) is 4.79 Å².